The highest BCUT2D eigenvalue weighted by Gasteiger charge is 2.24. The Bertz CT molecular complexity index is 382. The Morgan fingerprint density at radius 1 is 1.18 bits per heavy atom. The van der Waals surface area contributed by atoms with Gasteiger partial charge in [0.15, 0.2) is 0 Å². The summed E-state index contributed by atoms with van der Waals surface area (Å²) >= 11 is 0. The number of nitrogens with one attached hydrogen (secondary N) is 1. The van der Waals surface area contributed by atoms with E-state index >= 15 is 0 Å². The van der Waals surface area contributed by atoms with Crippen molar-refractivity contribution in [3.63, 3.8) is 0 Å². The van der Waals surface area contributed by atoms with Crippen molar-refractivity contribution in [2.45, 2.75) is 39.2 Å². The van der Waals surface area contributed by atoms with Crippen LogP contribution >= 0.6 is 0 Å². The van der Waals surface area contributed by atoms with E-state index in [0.29, 0.717) is 6.04 Å². The van der Waals surface area contributed by atoms with E-state index in [9.17, 15) is 4.39 Å². The molecule has 2 unspecified atom stereocenters. The van der Waals surface area contributed by atoms with Crippen LogP contribution in [-0.2, 0) is 0 Å². The summed E-state index contributed by atoms with van der Waals surface area (Å²) in [4.78, 5) is 0. The first-order valence-electron chi connectivity index (χ1n) is 6.36. The molecule has 0 aromatic heterocycles. The van der Waals surface area contributed by atoms with E-state index in [-0.39, 0.29) is 11.5 Å². The van der Waals surface area contributed by atoms with Crippen LogP contribution in [0.5, 0.6) is 0 Å². The van der Waals surface area contributed by atoms with E-state index in [1.54, 1.807) is 6.07 Å². The predicted octanol–water partition coefficient (Wildman–Crippen LogP) is 3.64. The molecule has 94 valence electrons. The van der Waals surface area contributed by atoms with Crippen LogP contribution in [0.4, 0.5) is 15.8 Å². The van der Waals surface area contributed by atoms with E-state index in [1.165, 1.54) is 12.5 Å². The number of anilines is 2. The maximum Gasteiger partial charge on any atom is 0.148 e. The molecule has 0 spiro atoms. The van der Waals surface area contributed by atoms with Crippen LogP contribution in [-0.4, -0.2) is 6.04 Å². The van der Waals surface area contributed by atoms with Crippen LogP contribution in [0.25, 0.3) is 0 Å². The molecule has 0 heterocycles. The fourth-order valence-corrected chi connectivity index (χ4v) is 2.95. The molecule has 1 saturated carbocycles. The first-order chi connectivity index (χ1) is 8.06. The van der Waals surface area contributed by atoms with Gasteiger partial charge in [-0.2, -0.15) is 0 Å². The zero-order chi connectivity index (χ0) is 12.4. The van der Waals surface area contributed by atoms with Crippen LogP contribution in [0.1, 0.15) is 33.1 Å². The molecule has 1 aromatic carbocycles. The molecule has 2 rings (SSSR count). The summed E-state index contributed by atoms with van der Waals surface area (Å²) in [7, 11) is 0. The molecular weight excluding hydrogens is 215 g/mol. The molecule has 1 aliphatic carbocycles. The number of para-hydroxylation sites is 1. The van der Waals surface area contributed by atoms with Gasteiger partial charge >= 0.3 is 0 Å². The first-order valence-corrected chi connectivity index (χ1v) is 6.36. The van der Waals surface area contributed by atoms with Crippen molar-refractivity contribution in [3.8, 4) is 0 Å². The maximum absolute atomic E-state index is 13.3. The fraction of sp³-hybridized carbons (Fsp3) is 0.571. The van der Waals surface area contributed by atoms with Gasteiger partial charge in [0, 0.05) is 6.04 Å². The molecule has 0 bridgehead atoms. The molecule has 1 aliphatic rings. The smallest absolute Gasteiger partial charge is 0.148 e. The lowest BCUT2D eigenvalue weighted by molar-refractivity contribution is 0.281. The van der Waals surface area contributed by atoms with Gasteiger partial charge in [-0.3, -0.25) is 0 Å². The minimum atomic E-state index is -0.341. The van der Waals surface area contributed by atoms with Gasteiger partial charge < -0.3 is 11.1 Å². The SMILES string of the molecule is CC1CC(C)CC(Nc2cccc(F)c2N)C1. The van der Waals surface area contributed by atoms with Crippen molar-refractivity contribution in [2.75, 3.05) is 11.1 Å². The van der Waals surface area contributed by atoms with Crippen LogP contribution in [0.15, 0.2) is 18.2 Å². The summed E-state index contributed by atoms with van der Waals surface area (Å²) < 4.78 is 13.3. The summed E-state index contributed by atoms with van der Waals surface area (Å²) in [6.07, 6.45) is 3.57. The van der Waals surface area contributed by atoms with Crippen molar-refractivity contribution >= 4 is 11.4 Å². The molecule has 3 N–H and O–H groups in total. The lowest BCUT2D eigenvalue weighted by Crippen LogP contribution is -2.30. The Kier molecular flexibility index (Phi) is 3.55. The van der Waals surface area contributed by atoms with Gasteiger partial charge in [-0.05, 0) is 43.2 Å². The van der Waals surface area contributed by atoms with E-state index in [1.807, 2.05) is 6.07 Å². The number of hydrogen-bond donors (Lipinski definition) is 2. The van der Waals surface area contributed by atoms with Crippen molar-refractivity contribution in [1.29, 1.82) is 0 Å². The summed E-state index contributed by atoms with van der Waals surface area (Å²) in [6.45, 7) is 4.55. The van der Waals surface area contributed by atoms with Crippen LogP contribution in [0, 0.1) is 17.7 Å². The van der Waals surface area contributed by atoms with Crippen LogP contribution in [0.2, 0.25) is 0 Å². The topological polar surface area (TPSA) is 38.0 Å². The molecule has 0 saturated heterocycles. The third-order valence-corrected chi connectivity index (χ3v) is 3.59. The largest absolute Gasteiger partial charge is 0.395 e. The van der Waals surface area contributed by atoms with Crippen LogP contribution in [0.3, 0.4) is 0 Å². The average molecular weight is 236 g/mol. The summed E-state index contributed by atoms with van der Waals surface area (Å²) in [6, 6.07) is 5.36. The number of rotatable bonds is 2. The van der Waals surface area contributed by atoms with E-state index in [2.05, 4.69) is 19.2 Å². The molecule has 17 heavy (non-hydrogen) atoms. The lowest BCUT2D eigenvalue weighted by Gasteiger charge is -2.32. The Balaban J connectivity index is 2.07. The van der Waals surface area contributed by atoms with Gasteiger partial charge in [0.25, 0.3) is 0 Å². The van der Waals surface area contributed by atoms with Gasteiger partial charge in [0.05, 0.1) is 11.4 Å². The second kappa shape index (κ2) is 4.94. The fourth-order valence-electron chi connectivity index (χ4n) is 2.95. The third-order valence-electron chi connectivity index (χ3n) is 3.59. The standard InChI is InChI=1S/C14H21FN2/c1-9-6-10(2)8-11(7-9)17-13-5-3-4-12(15)14(13)16/h3-5,9-11,17H,6-8,16H2,1-2H3. The molecule has 0 aliphatic heterocycles. The number of nitrogens with two attached hydrogens (primary N) is 1. The predicted molar refractivity (Wildman–Crippen MR) is 70.4 cm³/mol. The normalized spacial score (nSPS) is 29.0. The van der Waals surface area contributed by atoms with Gasteiger partial charge in [-0.1, -0.05) is 19.9 Å². The number of halogens is 1. The quantitative estimate of drug-likeness (QED) is 0.769. The highest BCUT2D eigenvalue weighted by Crippen LogP contribution is 2.32. The second-order valence-corrected chi connectivity index (χ2v) is 5.46. The van der Waals surface area contributed by atoms with Crippen LogP contribution < -0.4 is 11.1 Å². The zero-order valence-electron chi connectivity index (χ0n) is 10.5. The van der Waals surface area contributed by atoms with Crippen molar-refractivity contribution < 1.29 is 4.39 Å². The summed E-state index contributed by atoms with van der Waals surface area (Å²) in [5.74, 6) is 1.11. The third kappa shape index (κ3) is 2.90. The Labute approximate surface area is 102 Å². The minimum absolute atomic E-state index is 0.235. The molecule has 0 radical (unpaired) electrons. The molecule has 2 nitrogen and oxygen atoms in total. The van der Waals surface area contributed by atoms with Gasteiger partial charge in [-0.15, -0.1) is 0 Å². The Morgan fingerprint density at radius 3 is 2.47 bits per heavy atom. The minimum Gasteiger partial charge on any atom is -0.395 e. The zero-order valence-corrected chi connectivity index (χ0v) is 10.5. The molecular formula is C14H21FN2. The highest BCUT2D eigenvalue weighted by molar-refractivity contribution is 5.66. The van der Waals surface area contributed by atoms with E-state index in [4.69, 9.17) is 5.73 Å². The monoisotopic (exact) mass is 236 g/mol. The average Bonchev–Trinajstić information content (AvgIpc) is 2.23. The molecule has 1 fully saturated rings. The van der Waals surface area contributed by atoms with Gasteiger partial charge in [-0.25, -0.2) is 4.39 Å². The van der Waals surface area contributed by atoms with Gasteiger partial charge in [0.2, 0.25) is 0 Å². The van der Waals surface area contributed by atoms with Crippen molar-refractivity contribution in [1.82, 2.24) is 0 Å². The first kappa shape index (κ1) is 12.2. The molecule has 2 atom stereocenters. The van der Waals surface area contributed by atoms with Crippen molar-refractivity contribution in [3.05, 3.63) is 24.0 Å². The maximum atomic E-state index is 13.3. The van der Waals surface area contributed by atoms with Crippen molar-refractivity contribution in [2.24, 2.45) is 11.8 Å². The lowest BCUT2D eigenvalue weighted by atomic mass is 9.80. The Hall–Kier alpha value is -1.25. The van der Waals surface area contributed by atoms with Gasteiger partial charge in [0.1, 0.15) is 5.82 Å². The molecule has 0 amide bonds. The Morgan fingerprint density at radius 2 is 1.82 bits per heavy atom. The highest BCUT2D eigenvalue weighted by atomic mass is 19.1. The number of benzene rings is 1. The van der Waals surface area contributed by atoms with E-state index < -0.39 is 0 Å². The summed E-state index contributed by atoms with van der Waals surface area (Å²) in [5, 5.41) is 3.39. The summed E-state index contributed by atoms with van der Waals surface area (Å²) in [5.41, 5.74) is 6.70. The number of hydrogen-bond acceptors (Lipinski definition) is 2. The molecule has 1 aromatic rings. The number of nitrogen functional groups attached to an aromatic ring is 1. The second-order valence-electron chi connectivity index (χ2n) is 5.46. The molecule has 3 heteroatoms. The van der Waals surface area contributed by atoms with E-state index in [0.717, 1.165) is 30.4 Å².